The molecule has 110 valence electrons. The zero-order chi connectivity index (χ0) is 14.8. The first-order valence-corrected chi connectivity index (χ1v) is 7.73. The van der Waals surface area contributed by atoms with Gasteiger partial charge in [-0.1, -0.05) is 15.9 Å². The Balaban J connectivity index is 1.84. The van der Waals surface area contributed by atoms with Gasteiger partial charge >= 0.3 is 0 Å². The van der Waals surface area contributed by atoms with Crippen molar-refractivity contribution in [3.05, 3.63) is 28.7 Å². The second-order valence-electron chi connectivity index (χ2n) is 6.01. The molecule has 5 heteroatoms. The normalized spacial score (nSPS) is 19.2. The van der Waals surface area contributed by atoms with Gasteiger partial charge in [0.2, 0.25) is 5.91 Å². The van der Waals surface area contributed by atoms with E-state index in [-0.39, 0.29) is 5.91 Å². The Morgan fingerprint density at radius 1 is 1.45 bits per heavy atom. The third kappa shape index (κ3) is 3.96. The maximum absolute atomic E-state index is 11.8. The highest BCUT2D eigenvalue weighted by Crippen LogP contribution is 2.25. The lowest BCUT2D eigenvalue weighted by molar-refractivity contribution is -0.125. The second kappa shape index (κ2) is 6.14. The molecule has 1 saturated heterocycles. The average molecular weight is 340 g/mol. The Hall–Kier alpha value is -1.07. The number of hydrogen-bond donors (Lipinski definition) is 2. The summed E-state index contributed by atoms with van der Waals surface area (Å²) >= 11 is 3.45. The molecule has 1 fully saturated rings. The molecule has 1 unspecified atom stereocenters. The third-order valence-corrected chi connectivity index (χ3v) is 4.14. The molecular formula is C15H22BrN3O. The number of nitrogens with two attached hydrogens (primary N) is 1. The smallest absolute Gasteiger partial charge is 0.239 e. The predicted octanol–water partition coefficient (Wildman–Crippen LogP) is 2.13. The number of nitrogens with zero attached hydrogens (tertiary/aromatic N) is 1. The third-order valence-electron chi connectivity index (χ3n) is 3.61. The number of carbonyl (C=O) groups is 1. The van der Waals surface area contributed by atoms with Crippen LogP contribution in [-0.4, -0.2) is 31.1 Å². The van der Waals surface area contributed by atoms with E-state index in [1.165, 1.54) is 5.69 Å². The predicted molar refractivity (Wildman–Crippen MR) is 85.7 cm³/mol. The Morgan fingerprint density at radius 2 is 2.10 bits per heavy atom. The molecule has 1 aliphatic rings. The van der Waals surface area contributed by atoms with Crippen molar-refractivity contribution in [2.75, 3.05) is 24.5 Å². The van der Waals surface area contributed by atoms with Gasteiger partial charge in [0.25, 0.3) is 0 Å². The fourth-order valence-electron chi connectivity index (χ4n) is 2.35. The Labute approximate surface area is 128 Å². The van der Waals surface area contributed by atoms with Gasteiger partial charge in [-0.05, 0) is 50.5 Å². The summed E-state index contributed by atoms with van der Waals surface area (Å²) in [7, 11) is 0. The minimum absolute atomic E-state index is 0.0837. The molecule has 0 bridgehead atoms. The number of rotatable bonds is 4. The molecule has 1 aromatic rings. The second-order valence-corrected chi connectivity index (χ2v) is 6.92. The molecule has 0 saturated carbocycles. The first kappa shape index (κ1) is 15.3. The van der Waals surface area contributed by atoms with Crippen LogP contribution in [-0.2, 0) is 4.79 Å². The zero-order valence-corrected chi connectivity index (χ0v) is 13.6. The van der Waals surface area contributed by atoms with Crippen LogP contribution in [0, 0.1) is 5.92 Å². The van der Waals surface area contributed by atoms with Crippen LogP contribution in [0.5, 0.6) is 0 Å². The van der Waals surface area contributed by atoms with Crippen molar-refractivity contribution in [3.8, 4) is 0 Å². The molecule has 0 aliphatic carbocycles. The van der Waals surface area contributed by atoms with Gasteiger partial charge in [-0.3, -0.25) is 4.79 Å². The first-order valence-electron chi connectivity index (χ1n) is 6.94. The highest BCUT2D eigenvalue weighted by molar-refractivity contribution is 9.10. The number of anilines is 1. The quantitative estimate of drug-likeness (QED) is 0.883. The van der Waals surface area contributed by atoms with Gasteiger partial charge in [0.1, 0.15) is 0 Å². The molecule has 0 radical (unpaired) electrons. The lowest BCUT2D eigenvalue weighted by Gasteiger charge is -2.21. The van der Waals surface area contributed by atoms with Crippen LogP contribution in [0.3, 0.4) is 0 Å². The van der Waals surface area contributed by atoms with E-state index >= 15 is 0 Å². The minimum Gasteiger partial charge on any atom is -0.371 e. The van der Waals surface area contributed by atoms with E-state index in [4.69, 9.17) is 5.73 Å². The number of hydrogen-bond acceptors (Lipinski definition) is 3. The molecule has 4 nitrogen and oxygen atoms in total. The molecule has 1 heterocycles. The summed E-state index contributed by atoms with van der Waals surface area (Å²) in [5.41, 5.74) is 6.20. The highest BCUT2D eigenvalue weighted by Gasteiger charge is 2.26. The Bertz CT molecular complexity index is 467. The van der Waals surface area contributed by atoms with Crippen molar-refractivity contribution >= 4 is 27.5 Å². The van der Waals surface area contributed by atoms with Crippen LogP contribution in [0.1, 0.15) is 20.3 Å². The van der Waals surface area contributed by atoms with Crippen LogP contribution in [0.15, 0.2) is 28.7 Å². The van der Waals surface area contributed by atoms with E-state index in [0.29, 0.717) is 12.5 Å². The van der Waals surface area contributed by atoms with Crippen molar-refractivity contribution < 1.29 is 4.79 Å². The van der Waals surface area contributed by atoms with E-state index in [9.17, 15) is 4.79 Å². The van der Waals surface area contributed by atoms with Crippen LogP contribution in [0.4, 0.5) is 5.69 Å². The number of carbonyl (C=O) groups excluding carboxylic acids is 1. The fourth-order valence-corrected chi connectivity index (χ4v) is 2.61. The van der Waals surface area contributed by atoms with Crippen molar-refractivity contribution in [2.45, 2.75) is 25.8 Å². The summed E-state index contributed by atoms with van der Waals surface area (Å²) in [5, 5.41) is 2.95. The molecule has 1 aromatic carbocycles. The summed E-state index contributed by atoms with van der Waals surface area (Å²) in [6.07, 6.45) is 1.10. The van der Waals surface area contributed by atoms with E-state index in [1.54, 1.807) is 13.8 Å². The summed E-state index contributed by atoms with van der Waals surface area (Å²) < 4.78 is 1.09. The number of nitrogens with one attached hydrogen (secondary N) is 1. The molecule has 3 N–H and O–H groups in total. The molecule has 1 aliphatic heterocycles. The van der Waals surface area contributed by atoms with Gasteiger partial charge in [-0.25, -0.2) is 0 Å². The summed E-state index contributed by atoms with van der Waals surface area (Å²) in [5.74, 6) is 0.407. The Morgan fingerprint density at radius 3 is 2.70 bits per heavy atom. The maximum atomic E-state index is 11.8. The number of halogens is 1. The molecular weight excluding hydrogens is 318 g/mol. The first-order chi connectivity index (χ1) is 9.36. The van der Waals surface area contributed by atoms with Gasteiger partial charge in [0.15, 0.2) is 0 Å². The molecule has 1 amide bonds. The van der Waals surface area contributed by atoms with E-state index < -0.39 is 5.54 Å². The lowest BCUT2D eigenvalue weighted by atomic mass is 10.1. The Kier molecular flexibility index (Phi) is 4.70. The van der Waals surface area contributed by atoms with Crippen molar-refractivity contribution in [1.29, 1.82) is 0 Å². The highest BCUT2D eigenvalue weighted by atomic mass is 79.9. The van der Waals surface area contributed by atoms with Gasteiger partial charge < -0.3 is 16.0 Å². The van der Waals surface area contributed by atoms with Crippen molar-refractivity contribution in [2.24, 2.45) is 11.7 Å². The molecule has 1 atom stereocenters. The largest absolute Gasteiger partial charge is 0.371 e. The molecule has 20 heavy (non-hydrogen) atoms. The van der Waals surface area contributed by atoms with Crippen LogP contribution >= 0.6 is 15.9 Å². The summed E-state index contributed by atoms with van der Waals surface area (Å²) in [6.45, 7) is 6.17. The van der Waals surface area contributed by atoms with Gasteiger partial charge in [0, 0.05) is 29.8 Å². The standard InChI is InChI=1S/C15H22BrN3O/c1-15(2,17)14(20)18-9-11-7-8-19(10-11)13-5-3-12(16)4-6-13/h3-6,11H,7-10,17H2,1-2H3,(H,18,20). The van der Waals surface area contributed by atoms with E-state index in [1.807, 2.05) is 0 Å². The number of benzene rings is 1. The summed E-state index contributed by atoms with van der Waals surface area (Å²) in [6, 6.07) is 8.35. The molecule has 2 rings (SSSR count). The lowest BCUT2D eigenvalue weighted by Crippen LogP contribution is -2.50. The van der Waals surface area contributed by atoms with Crippen molar-refractivity contribution in [1.82, 2.24) is 5.32 Å². The minimum atomic E-state index is -0.802. The number of amides is 1. The van der Waals surface area contributed by atoms with Crippen LogP contribution < -0.4 is 16.0 Å². The van der Waals surface area contributed by atoms with Crippen molar-refractivity contribution in [3.63, 3.8) is 0 Å². The average Bonchev–Trinajstić information content (AvgIpc) is 2.84. The van der Waals surface area contributed by atoms with Crippen LogP contribution in [0.25, 0.3) is 0 Å². The maximum Gasteiger partial charge on any atom is 0.239 e. The SMILES string of the molecule is CC(C)(N)C(=O)NCC1CCN(c2ccc(Br)cc2)C1. The van der Waals surface area contributed by atoms with Gasteiger partial charge in [-0.2, -0.15) is 0 Å². The molecule has 0 spiro atoms. The fraction of sp³-hybridized carbons (Fsp3) is 0.533. The zero-order valence-electron chi connectivity index (χ0n) is 12.0. The van der Waals surface area contributed by atoms with E-state index in [2.05, 4.69) is 50.4 Å². The monoisotopic (exact) mass is 339 g/mol. The molecule has 0 aromatic heterocycles. The summed E-state index contributed by atoms with van der Waals surface area (Å²) in [4.78, 5) is 14.1. The topological polar surface area (TPSA) is 58.4 Å². The van der Waals surface area contributed by atoms with Gasteiger partial charge in [0.05, 0.1) is 5.54 Å². The van der Waals surface area contributed by atoms with E-state index in [0.717, 1.165) is 24.0 Å². The van der Waals surface area contributed by atoms with Gasteiger partial charge in [-0.15, -0.1) is 0 Å². The van der Waals surface area contributed by atoms with Crippen LogP contribution in [0.2, 0.25) is 0 Å².